The summed E-state index contributed by atoms with van der Waals surface area (Å²) in [6.45, 7) is 2.15. The van der Waals surface area contributed by atoms with Gasteiger partial charge in [-0.15, -0.1) is 23.1 Å². The van der Waals surface area contributed by atoms with Gasteiger partial charge in [-0.1, -0.05) is 38.3 Å². The molecule has 0 bridgehead atoms. The second-order valence-electron chi connectivity index (χ2n) is 7.60. The van der Waals surface area contributed by atoms with Gasteiger partial charge in [0.15, 0.2) is 0 Å². The summed E-state index contributed by atoms with van der Waals surface area (Å²) in [5.41, 5.74) is 1.78. The Bertz CT molecular complexity index is 849. The zero-order valence-electron chi connectivity index (χ0n) is 17.3. The van der Waals surface area contributed by atoms with Crippen molar-refractivity contribution < 1.29 is 19.8 Å². The van der Waals surface area contributed by atoms with Crippen molar-refractivity contribution in [1.82, 2.24) is 0 Å². The fourth-order valence-electron chi connectivity index (χ4n) is 3.68. The van der Waals surface area contributed by atoms with Gasteiger partial charge in [-0.25, -0.2) is 4.79 Å². The van der Waals surface area contributed by atoms with Crippen LogP contribution in [0.25, 0.3) is 0 Å². The minimum absolute atomic E-state index is 0.0942. The van der Waals surface area contributed by atoms with E-state index < -0.39 is 12.1 Å². The zero-order valence-corrected chi connectivity index (χ0v) is 18.9. The van der Waals surface area contributed by atoms with Crippen LogP contribution >= 0.6 is 23.1 Å². The van der Waals surface area contributed by atoms with Crippen LogP contribution in [-0.4, -0.2) is 33.2 Å². The van der Waals surface area contributed by atoms with Crippen molar-refractivity contribution in [2.45, 2.75) is 63.3 Å². The molecule has 30 heavy (non-hydrogen) atoms. The van der Waals surface area contributed by atoms with Crippen LogP contribution in [0.5, 0.6) is 0 Å². The van der Waals surface area contributed by atoms with E-state index in [9.17, 15) is 14.7 Å². The van der Waals surface area contributed by atoms with Crippen molar-refractivity contribution in [2.75, 3.05) is 10.7 Å². The number of amides is 1. The lowest BCUT2D eigenvalue weighted by molar-refractivity contribution is -0.115. The molecule has 2 atom stereocenters. The zero-order chi connectivity index (χ0) is 21.5. The summed E-state index contributed by atoms with van der Waals surface area (Å²) >= 11 is 2.98. The molecule has 2 heterocycles. The van der Waals surface area contributed by atoms with Crippen LogP contribution < -0.4 is 4.90 Å². The minimum atomic E-state index is -0.881. The van der Waals surface area contributed by atoms with E-state index in [2.05, 4.69) is 6.92 Å². The summed E-state index contributed by atoms with van der Waals surface area (Å²) in [7, 11) is 0. The van der Waals surface area contributed by atoms with Gasteiger partial charge in [-0.2, -0.15) is 0 Å². The molecule has 7 heteroatoms. The molecule has 5 nitrogen and oxygen atoms in total. The SMILES string of the molecule is CCCCC[C@@H](O)c1ccc(N2C(=O)CS[C@H]2CCCc2ccc(C(=O)O)s2)cc1. The number of rotatable bonds is 11. The van der Waals surface area contributed by atoms with Gasteiger partial charge in [0.2, 0.25) is 5.91 Å². The summed E-state index contributed by atoms with van der Waals surface area (Å²) in [6.07, 6.45) is 6.16. The number of aryl methyl sites for hydroxylation is 1. The molecule has 0 aliphatic carbocycles. The number of unbranched alkanes of at least 4 members (excludes halogenated alkanes) is 2. The lowest BCUT2D eigenvalue weighted by Crippen LogP contribution is -2.32. The summed E-state index contributed by atoms with van der Waals surface area (Å²) in [5, 5.41) is 19.5. The molecule has 162 valence electrons. The highest BCUT2D eigenvalue weighted by molar-refractivity contribution is 8.01. The quantitative estimate of drug-likeness (QED) is 0.446. The number of hydrogen-bond donors (Lipinski definition) is 2. The van der Waals surface area contributed by atoms with Gasteiger partial charge in [-0.05, 0) is 55.5 Å². The fourth-order valence-corrected chi connectivity index (χ4v) is 5.77. The molecular formula is C23H29NO4S2. The van der Waals surface area contributed by atoms with E-state index in [4.69, 9.17) is 5.11 Å². The van der Waals surface area contributed by atoms with E-state index >= 15 is 0 Å². The number of carbonyl (C=O) groups excluding carboxylic acids is 1. The first kappa shape index (κ1) is 22.8. The predicted molar refractivity (Wildman–Crippen MR) is 123 cm³/mol. The Morgan fingerprint density at radius 1 is 1.17 bits per heavy atom. The van der Waals surface area contributed by atoms with Crippen LogP contribution in [0.2, 0.25) is 0 Å². The smallest absolute Gasteiger partial charge is 0.345 e. The Morgan fingerprint density at radius 2 is 1.93 bits per heavy atom. The molecule has 1 fully saturated rings. The van der Waals surface area contributed by atoms with Crippen LogP contribution in [0, 0.1) is 0 Å². The van der Waals surface area contributed by atoms with Gasteiger partial charge in [0.1, 0.15) is 4.88 Å². The Labute approximate surface area is 186 Å². The van der Waals surface area contributed by atoms with E-state index in [0.29, 0.717) is 10.6 Å². The highest BCUT2D eigenvalue weighted by Crippen LogP contribution is 2.34. The average Bonchev–Trinajstić information content (AvgIpc) is 3.35. The van der Waals surface area contributed by atoms with E-state index in [-0.39, 0.29) is 11.3 Å². The third-order valence-corrected chi connectivity index (χ3v) is 7.72. The number of carboxylic acids is 1. The second-order valence-corrected chi connectivity index (χ2v) is 9.93. The lowest BCUT2D eigenvalue weighted by Gasteiger charge is -2.24. The first-order valence-corrected chi connectivity index (χ1v) is 12.4. The normalized spacial score (nSPS) is 17.5. The Hall–Kier alpha value is -1.83. The molecule has 0 radical (unpaired) electrons. The number of aromatic carboxylic acids is 1. The monoisotopic (exact) mass is 447 g/mol. The maximum Gasteiger partial charge on any atom is 0.345 e. The van der Waals surface area contributed by atoms with Gasteiger partial charge in [0, 0.05) is 10.6 Å². The number of aliphatic hydroxyl groups is 1. The summed E-state index contributed by atoms with van der Waals surface area (Å²) in [5.74, 6) is -0.285. The van der Waals surface area contributed by atoms with Crippen molar-refractivity contribution in [3.05, 3.63) is 51.7 Å². The van der Waals surface area contributed by atoms with Crippen molar-refractivity contribution in [3.8, 4) is 0 Å². The fraction of sp³-hybridized carbons (Fsp3) is 0.478. The van der Waals surface area contributed by atoms with Gasteiger partial charge in [0.25, 0.3) is 0 Å². The van der Waals surface area contributed by atoms with Crippen molar-refractivity contribution in [1.29, 1.82) is 0 Å². The number of thiophene rings is 1. The number of anilines is 1. The molecule has 1 aromatic carbocycles. The third-order valence-electron chi connectivity index (χ3n) is 5.34. The molecule has 0 saturated carbocycles. The van der Waals surface area contributed by atoms with Gasteiger partial charge >= 0.3 is 5.97 Å². The molecule has 0 spiro atoms. The average molecular weight is 448 g/mol. The van der Waals surface area contributed by atoms with Crippen LogP contribution in [0.15, 0.2) is 36.4 Å². The number of benzene rings is 1. The summed E-state index contributed by atoms with van der Waals surface area (Å²) in [6, 6.07) is 11.3. The third kappa shape index (κ3) is 5.86. The maximum absolute atomic E-state index is 12.5. The standard InChI is InChI=1S/C23H29NO4S2/c1-2-3-4-7-19(25)16-9-11-17(12-10-16)24-21(26)15-29-22(24)8-5-6-18-13-14-20(30-18)23(27)28/h9-14,19,22,25H,2-8,15H2,1H3,(H,27,28)/t19-,22+/m1/s1. The predicted octanol–water partition coefficient (Wildman–Crippen LogP) is 5.49. The van der Waals surface area contributed by atoms with Gasteiger partial charge < -0.3 is 10.2 Å². The first-order valence-electron chi connectivity index (χ1n) is 10.5. The number of thioether (sulfide) groups is 1. The highest BCUT2D eigenvalue weighted by Gasteiger charge is 2.32. The molecule has 1 saturated heterocycles. The molecule has 3 rings (SSSR count). The Balaban J connectivity index is 1.56. The summed E-state index contributed by atoms with van der Waals surface area (Å²) < 4.78 is 0. The molecule has 0 unspecified atom stereocenters. The van der Waals surface area contributed by atoms with Crippen molar-refractivity contribution >= 4 is 40.7 Å². The molecule has 1 aromatic heterocycles. The molecule has 1 aliphatic heterocycles. The largest absolute Gasteiger partial charge is 0.477 e. The molecular weight excluding hydrogens is 418 g/mol. The number of carboxylic acid groups (broad SMARTS) is 1. The number of nitrogens with zero attached hydrogens (tertiary/aromatic N) is 1. The van der Waals surface area contributed by atoms with Crippen molar-refractivity contribution in [2.24, 2.45) is 0 Å². The van der Waals surface area contributed by atoms with Crippen molar-refractivity contribution in [3.63, 3.8) is 0 Å². The van der Waals surface area contributed by atoms with E-state index in [1.165, 1.54) is 11.3 Å². The maximum atomic E-state index is 12.5. The Morgan fingerprint density at radius 3 is 2.60 bits per heavy atom. The topological polar surface area (TPSA) is 77.8 Å². The van der Waals surface area contributed by atoms with Crippen LogP contribution in [0.4, 0.5) is 5.69 Å². The number of carbonyl (C=O) groups is 2. The number of hydrogen-bond acceptors (Lipinski definition) is 5. The minimum Gasteiger partial charge on any atom is -0.477 e. The van der Waals surface area contributed by atoms with E-state index in [1.807, 2.05) is 35.2 Å². The number of aliphatic hydroxyl groups excluding tert-OH is 1. The van der Waals surface area contributed by atoms with Crippen LogP contribution in [0.3, 0.4) is 0 Å². The highest BCUT2D eigenvalue weighted by atomic mass is 32.2. The summed E-state index contributed by atoms with van der Waals surface area (Å²) in [4.78, 5) is 26.8. The van der Waals surface area contributed by atoms with Crippen LogP contribution in [0.1, 0.15) is 71.7 Å². The molecule has 2 N–H and O–H groups in total. The Kier molecular flexibility index (Phi) is 8.36. The van der Waals surface area contributed by atoms with Gasteiger partial charge in [0.05, 0.1) is 17.2 Å². The van der Waals surface area contributed by atoms with Gasteiger partial charge in [-0.3, -0.25) is 9.69 Å². The van der Waals surface area contributed by atoms with E-state index in [0.717, 1.165) is 61.1 Å². The van der Waals surface area contributed by atoms with E-state index in [1.54, 1.807) is 17.8 Å². The molecule has 2 aromatic rings. The lowest BCUT2D eigenvalue weighted by atomic mass is 10.0. The van der Waals surface area contributed by atoms with Crippen LogP contribution in [-0.2, 0) is 11.2 Å². The second kappa shape index (κ2) is 11.0. The molecule has 1 aliphatic rings. The molecule has 1 amide bonds. The first-order chi connectivity index (χ1) is 14.5.